The van der Waals surface area contributed by atoms with Crippen molar-refractivity contribution in [3.63, 3.8) is 0 Å². The normalized spacial score (nSPS) is 12.2. The van der Waals surface area contributed by atoms with Gasteiger partial charge in [0.1, 0.15) is 11.2 Å². The van der Waals surface area contributed by atoms with Crippen LogP contribution in [0.2, 0.25) is 0 Å². The summed E-state index contributed by atoms with van der Waals surface area (Å²) in [6.07, 6.45) is 0. The lowest BCUT2D eigenvalue weighted by Gasteiger charge is -2.22. The average molecular weight is 443 g/mol. The summed E-state index contributed by atoms with van der Waals surface area (Å²) >= 11 is 4.23. The lowest BCUT2D eigenvalue weighted by atomic mass is 10.1. The molecule has 0 aliphatic rings. The molecule has 3 aromatic rings. The summed E-state index contributed by atoms with van der Waals surface area (Å²) in [4.78, 5) is 19.4. The highest BCUT2D eigenvalue weighted by Crippen LogP contribution is 2.26. The van der Waals surface area contributed by atoms with Crippen molar-refractivity contribution in [1.82, 2.24) is 0 Å². The molecule has 0 spiro atoms. The quantitative estimate of drug-likeness (QED) is 0.351. The Morgan fingerprint density at radius 1 is 0.935 bits per heavy atom. The first kappa shape index (κ1) is 23.0. The lowest BCUT2D eigenvalue weighted by Crippen LogP contribution is -2.85. The summed E-state index contributed by atoms with van der Waals surface area (Å²) in [6.45, 7) is 12.1. The summed E-state index contributed by atoms with van der Waals surface area (Å²) in [5.41, 5.74) is 3.60. The summed E-state index contributed by atoms with van der Waals surface area (Å²) < 4.78 is 6.36. The number of nitrogens with zero attached hydrogens (tertiary/aromatic N) is 2. The van der Waals surface area contributed by atoms with Gasteiger partial charge in [-0.1, -0.05) is 0 Å². The molecule has 0 radical (unpaired) electrons. The number of carbonyl (C=O) groups is 1. The predicted octanol–water partition coefficient (Wildman–Crippen LogP) is 2.64. The van der Waals surface area contributed by atoms with E-state index in [1.165, 1.54) is 0 Å². The van der Waals surface area contributed by atoms with Crippen LogP contribution in [0, 0.1) is 0 Å². The third-order valence-corrected chi connectivity index (χ3v) is 6.11. The Labute approximate surface area is 188 Å². The molecule has 1 aromatic heterocycles. The summed E-state index contributed by atoms with van der Waals surface area (Å²) in [6, 6.07) is 11.4. The Kier molecular flexibility index (Phi) is 7.49. The van der Waals surface area contributed by atoms with Crippen molar-refractivity contribution < 1.29 is 19.3 Å². The van der Waals surface area contributed by atoms with Gasteiger partial charge in [-0.15, -0.1) is 0 Å². The highest BCUT2D eigenvalue weighted by Gasteiger charge is 2.22. The number of aliphatic carboxylic acids is 1. The van der Waals surface area contributed by atoms with Crippen molar-refractivity contribution >= 4 is 51.9 Å². The third-order valence-electron chi connectivity index (χ3n) is 5.75. The molecule has 7 heteroatoms. The van der Waals surface area contributed by atoms with Crippen LogP contribution in [0.15, 0.2) is 40.8 Å². The molecule has 0 saturated carbocycles. The van der Waals surface area contributed by atoms with Gasteiger partial charge in [0, 0.05) is 49.7 Å². The van der Waals surface area contributed by atoms with Crippen LogP contribution in [0.4, 0.5) is 11.4 Å². The molecule has 0 fully saturated rings. The molecule has 2 N–H and O–H groups in total. The number of anilines is 2. The van der Waals surface area contributed by atoms with Crippen LogP contribution in [0.25, 0.3) is 21.9 Å². The smallest absolute Gasteiger partial charge is 0.373 e. The molecule has 0 aliphatic carbocycles. The molecule has 0 bridgehead atoms. The molecule has 1 unspecified atom stereocenters. The van der Waals surface area contributed by atoms with Gasteiger partial charge in [-0.3, -0.25) is 0 Å². The number of benzene rings is 2. The SMILES string of the molecule is CCN(CC)c1ccc2c(=[NH+]C(CS)C(=O)O)c3ccc(N(CC)CC)cc3oc2c1. The molecule has 6 nitrogen and oxygen atoms in total. The molecule has 0 aliphatic heterocycles. The maximum atomic E-state index is 11.7. The zero-order valence-corrected chi connectivity index (χ0v) is 19.6. The molecule has 166 valence electrons. The standard InChI is InChI=1S/C24H31N3O3S/c1-5-26(6-2)16-9-11-18-21(13-16)30-22-14-17(27(7-3)8-4)10-12-19(22)23(18)25-20(15-31)24(28)29/h9-14,20,31H,5-8,15H2,1-4H3,(H,28,29)/p+1. The first-order chi connectivity index (χ1) is 15.0. The van der Waals surface area contributed by atoms with Crippen LogP contribution < -0.4 is 20.1 Å². The molecule has 31 heavy (non-hydrogen) atoms. The van der Waals surface area contributed by atoms with Crippen molar-refractivity contribution in [3.8, 4) is 0 Å². The molecular weight excluding hydrogens is 410 g/mol. The zero-order valence-electron chi connectivity index (χ0n) is 18.7. The number of carboxylic acids is 1. The molecule has 2 aromatic carbocycles. The van der Waals surface area contributed by atoms with E-state index in [0.717, 1.165) is 64.8 Å². The van der Waals surface area contributed by atoms with E-state index >= 15 is 0 Å². The third kappa shape index (κ3) is 4.66. The van der Waals surface area contributed by atoms with Crippen LogP contribution >= 0.6 is 12.6 Å². The minimum absolute atomic E-state index is 0.180. The minimum Gasteiger partial charge on any atom is -0.476 e. The topological polar surface area (TPSA) is 70.9 Å². The number of fused-ring (bicyclic) bond motifs is 2. The van der Waals surface area contributed by atoms with Crippen LogP contribution in [0.1, 0.15) is 27.7 Å². The van der Waals surface area contributed by atoms with Crippen LogP contribution in [0.3, 0.4) is 0 Å². The first-order valence-corrected chi connectivity index (χ1v) is 11.5. The number of hydrogen-bond donors (Lipinski definition) is 3. The van der Waals surface area contributed by atoms with E-state index in [1.54, 1.807) is 0 Å². The van der Waals surface area contributed by atoms with Gasteiger partial charge in [-0.2, -0.15) is 12.6 Å². The maximum absolute atomic E-state index is 11.7. The van der Waals surface area contributed by atoms with Crippen molar-refractivity contribution in [2.24, 2.45) is 0 Å². The van der Waals surface area contributed by atoms with Gasteiger partial charge in [-0.25, -0.2) is 9.79 Å². The monoisotopic (exact) mass is 442 g/mol. The Morgan fingerprint density at radius 3 is 1.74 bits per heavy atom. The summed E-state index contributed by atoms with van der Waals surface area (Å²) in [5.74, 6) is -0.754. The zero-order chi connectivity index (χ0) is 22.5. The van der Waals surface area contributed by atoms with E-state index < -0.39 is 12.0 Å². The van der Waals surface area contributed by atoms with Gasteiger partial charge in [-0.05, 0) is 52.0 Å². The van der Waals surface area contributed by atoms with Gasteiger partial charge in [0.25, 0.3) is 6.04 Å². The molecule has 1 heterocycles. The number of hydrogen-bond acceptors (Lipinski definition) is 5. The van der Waals surface area contributed by atoms with E-state index in [-0.39, 0.29) is 5.75 Å². The Hall–Kier alpha value is -2.67. The van der Waals surface area contributed by atoms with Crippen molar-refractivity contribution in [2.45, 2.75) is 33.7 Å². The lowest BCUT2D eigenvalue weighted by molar-refractivity contribution is -0.522. The van der Waals surface area contributed by atoms with Crippen LogP contribution in [-0.4, -0.2) is 49.0 Å². The van der Waals surface area contributed by atoms with Gasteiger partial charge >= 0.3 is 5.97 Å². The van der Waals surface area contributed by atoms with Gasteiger partial charge in [0.05, 0.1) is 16.5 Å². The average Bonchev–Trinajstić information content (AvgIpc) is 2.77. The van der Waals surface area contributed by atoms with E-state index in [4.69, 9.17) is 4.42 Å². The second kappa shape index (κ2) is 10.1. The molecular formula is C24H32N3O3S+. The Balaban J connectivity index is 2.36. The highest BCUT2D eigenvalue weighted by molar-refractivity contribution is 7.80. The van der Waals surface area contributed by atoms with E-state index in [0.29, 0.717) is 0 Å². The predicted molar refractivity (Wildman–Crippen MR) is 130 cm³/mol. The van der Waals surface area contributed by atoms with Gasteiger partial charge < -0.3 is 19.3 Å². The van der Waals surface area contributed by atoms with Gasteiger partial charge in [0.2, 0.25) is 5.36 Å². The van der Waals surface area contributed by atoms with Crippen LogP contribution in [0.5, 0.6) is 0 Å². The molecule has 0 saturated heterocycles. The second-order valence-corrected chi connectivity index (χ2v) is 7.77. The van der Waals surface area contributed by atoms with E-state index in [2.05, 4.69) is 67.2 Å². The van der Waals surface area contributed by atoms with E-state index in [9.17, 15) is 9.90 Å². The Bertz CT molecular complexity index is 1060. The number of rotatable bonds is 9. The van der Waals surface area contributed by atoms with Crippen molar-refractivity contribution in [3.05, 3.63) is 41.8 Å². The largest absolute Gasteiger partial charge is 0.476 e. The maximum Gasteiger partial charge on any atom is 0.373 e. The molecule has 0 amide bonds. The van der Waals surface area contributed by atoms with Crippen LogP contribution in [-0.2, 0) is 4.79 Å². The fourth-order valence-corrected chi connectivity index (χ4v) is 4.20. The fraction of sp³-hybridized carbons (Fsp3) is 0.417. The second-order valence-electron chi connectivity index (χ2n) is 7.40. The van der Waals surface area contributed by atoms with Crippen molar-refractivity contribution in [1.29, 1.82) is 0 Å². The number of thiol groups is 1. The van der Waals surface area contributed by atoms with Gasteiger partial charge in [0.15, 0.2) is 0 Å². The fourth-order valence-electron chi connectivity index (χ4n) is 3.95. The molecule has 1 atom stereocenters. The first-order valence-electron chi connectivity index (χ1n) is 10.9. The summed E-state index contributed by atoms with van der Waals surface area (Å²) in [5, 5.41) is 12.1. The van der Waals surface area contributed by atoms with E-state index in [1.807, 2.05) is 24.3 Å². The number of nitrogens with one attached hydrogen (secondary N) is 1. The minimum atomic E-state index is -0.934. The Morgan fingerprint density at radius 2 is 1.39 bits per heavy atom. The molecule has 3 rings (SSSR count). The highest BCUT2D eigenvalue weighted by atomic mass is 32.1. The van der Waals surface area contributed by atoms with Crippen molar-refractivity contribution in [2.75, 3.05) is 41.7 Å². The number of carboxylic acid groups (broad SMARTS) is 1. The summed E-state index contributed by atoms with van der Waals surface area (Å²) in [7, 11) is 0.